The fourth-order valence-corrected chi connectivity index (χ4v) is 5.73. The Kier molecular flexibility index (Phi) is 10.2. The molecule has 2 atom stereocenters. The highest BCUT2D eigenvalue weighted by molar-refractivity contribution is 6.53. The molecule has 1 aliphatic carbocycles. The molecule has 4 rings (SSSR count). The minimum Gasteiger partial charge on any atom is -0.326 e. The number of ketones is 2. The van der Waals surface area contributed by atoms with Gasteiger partial charge in [-0.25, -0.2) is 13.2 Å². The van der Waals surface area contributed by atoms with Gasteiger partial charge < -0.3 is 10.1 Å². The highest BCUT2D eigenvalue weighted by Gasteiger charge is 2.67. The third kappa shape index (κ3) is 7.76. The number of hydrogen-bond donors (Lipinski definition) is 1. The topological polar surface area (TPSA) is 72.5 Å². The molecular formula is C29H18Cl3F8NO4. The van der Waals surface area contributed by atoms with Crippen LogP contribution in [0.15, 0.2) is 48.5 Å². The quantitative estimate of drug-likeness (QED) is 0.125. The van der Waals surface area contributed by atoms with E-state index < -0.39 is 94.5 Å². The Bertz CT molecular complexity index is 1670. The number of nitrogens with one attached hydrogen (secondary N) is 1. The summed E-state index contributed by atoms with van der Waals surface area (Å²) in [5.41, 5.74) is -3.05. The van der Waals surface area contributed by atoms with Gasteiger partial charge in [-0.1, -0.05) is 23.7 Å². The van der Waals surface area contributed by atoms with E-state index >= 15 is 4.39 Å². The molecule has 0 heterocycles. The van der Waals surface area contributed by atoms with Crippen LogP contribution < -0.4 is 5.32 Å². The van der Waals surface area contributed by atoms with Gasteiger partial charge in [0.25, 0.3) is 0 Å². The summed E-state index contributed by atoms with van der Waals surface area (Å²) in [6.07, 6.45) is -6.63. The van der Waals surface area contributed by atoms with Gasteiger partial charge in [0.2, 0.25) is 5.91 Å². The molecule has 0 radical (unpaired) electrons. The summed E-state index contributed by atoms with van der Waals surface area (Å²) in [6, 6.07) is 7.47. The predicted octanol–water partition coefficient (Wildman–Crippen LogP) is 8.08. The Balaban J connectivity index is 1.50. The van der Waals surface area contributed by atoms with Gasteiger partial charge in [0.1, 0.15) is 28.4 Å². The number of amides is 1. The third-order valence-corrected chi connectivity index (χ3v) is 8.16. The molecule has 0 aliphatic heterocycles. The van der Waals surface area contributed by atoms with Crippen LogP contribution in [0.1, 0.15) is 38.5 Å². The van der Waals surface area contributed by atoms with E-state index in [0.717, 1.165) is 24.3 Å². The fourth-order valence-electron chi connectivity index (χ4n) is 4.68. The maximum Gasteiger partial charge on any atom is 0.419 e. The van der Waals surface area contributed by atoms with E-state index in [4.69, 9.17) is 34.8 Å². The van der Waals surface area contributed by atoms with Crippen molar-refractivity contribution in [3.8, 4) is 0 Å². The average Bonchev–Trinajstić information content (AvgIpc) is 3.53. The largest absolute Gasteiger partial charge is 0.419 e. The monoisotopic (exact) mass is 701 g/mol. The van der Waals surface area contributed by atoms with Crippen molar-refractivity contribution in [2.45, 2.75) is 35.9 Å². The van der Waals surface area contributed by atoms with Gasteiger partial charge in [-0.2, -0.15) is 22.0 Å². The van der Waals surface area contributed by atoms with Crippen molar-refractivity contribution in [1.29, 1.82) is 0 Å². The lowest BCUT2D eigenvalue weighted by molar-refractivity contribution is -0.149. The van der Waals surface area contributed by atoms with Crippen molar-refractivity contribution in [3.63, 3.8) is 0 Å². The maximum absolute atomic E-state index is 15.0. The van der Waals surface area contributed by atoms with Gasteiger partial charge >= 0.3 is 12.8 Å². The molecule has 1 amide bonds. The van der Waals surface area contributed by atoms with Gasteiger partial charge in [0.15, 0.2) is 11.6 Å². The molecule has 1 saturated carbocycles. The first-order valence-corrected chi connectivity index (χ1v) is 13.8. The van der Waals surface area contributed by atoms with Crippen LogP contribution in [0.5, 0.6) is 0 Å². The molecule has 45 heavy (non-hydrogen) atoms. The second-order valence-electron chi connectivity index (χ2n) is 9.94. The zero-order valence-electron chi connectivity index (χ0n) is 22.3. The molecular weight excluding hydrogens is 685 g/mol. The van der Waals surface area contributed by atoms with Crippen LogP contribution in [0.2, 0.25) is 5.02 Å². The van der Waals surface area contributed by atoms with Crippen molar-refractivity contribution in [3.05, 3.63) is 98.8 Å². The number of halogens is 11. The maximum atomic E-state index is 15.0. The van der Waals surface area contributed by atoms with Crippen molar-refractivity contribution in [2.24, 2.45) is 5.92 Å². The molecule has 0 saturated heterocycles. The van der Waals surface area contributed by atoms with E-state index in [1.54, 1.807) is 0 Å². The normalized spacial score (nSPS) is 17.3. The summed E-state index contributed by atoms with van der Waals surface area (Å²) >= 11 is 18.5. The van der Waals surface area contributed by atoms with E-state index in [2.05, 4.69) is 10.1 Å². The van der Waals surface area contributed by atoms with Crippen LogP contribution in [0.4, 0.5) is 40.8 Å². The van der Waals surface area contributed by atoms with Crippen LogP contribution in [-0.4, -0.2) is 35.0 Å². The Morgan fingerprint density at radius 2 is 1.60 bits per heavy atom. The van der Waals surface area contributed by atoms with Gasteiger partial charge in [0, 0.05) is 35.6 Å². The predicted molar refractivity (Wildman–Crippen MR) is 147 cm³/mol. The van der Waals surface area contributed by atoms with E-state index in [1.165, 1.54) is 12.1 Å². The Morgan fingerprint density at radius 1 is 0.933 bits per heavy atom. The van der Waals surface area contributed by atoms with Crippen LogP contribution in [0.3, 0.4) is 0 Å². The summed E-state index contributed by atoms with van der Waals surface area (Å²) in [4.78, 5) is 37.9. The molecule has 0 spiro atoms. The van der Waals surface area contributed by atoms with E-state index in [1.807, 2.05) is 0 Å². The summed E-state index contributed by atoms with van der Waals surface area (Å²) in [7, 11) is 0. The Morgan fingerprint density at radius 3 is 2.24 bits per heavy atom. The standard InChI is InChI=1S/C29H18Cl3F8NO4/c30-19-4-3-14(41-26(44)24-23(28(24,31)32)12-1-6-21(34)18(7-12)29(38,39)40)9-16(19)22(43)8-13-2-5-20(33)17(25(13)35)10-15(42)11-45-27(36)37/h1-7,9,23-24,27H,8,10-11H2,(H,41,44)/t23-,24+/m0/s1. The first-order valence-electron chi connectivity index (χ1n) is 12.7. The van der Waals surface area contributed by atoms with Crippen LogP contribution in [-0.2, 0) is 33.3 Å². The molecule has 240 valence electrons. The van der Waals surface area contributed by atoms with E-state index in [9.17, 15) is 45.1 Å². The van der Waals surface area contributed by atoms with Crippen molar-refractivity contribution < 1.29 is 54.2 Å². The van der Waals surface area contributed by atoms with Gasteiger partial charge in [-0.15, -0.1) is 23.2 Å². The number of ether oxygens (including phenoxy) is 1. The zero-order chi connectivity index (χ0) is 33.4. The lowest BCUT2D eigenvalue weighted by atomic mass is 9.98. The summed E-state index contributed by atoms with van der Waals surface area (Å²) in [5.74, 6) is -9.05. The molecule has 0 aromatic heterocycles. The SMILES string of the molecule is O=C(COC(F)F)Cc1c(F)ccc(CC(=O)c2cc(NC(=O)[C@H]3[C@H](c4ccc(F)c(C(F)(F)F)c4)C3(Cl)Cl)ccc2Cl)c1F. The van der Waals surface area contributed by atoms with Crippen molar-refractivity contribution in [1.82, 2.24) is 0 Å². The summed E-state index contributed by atoms with van der Waals surface area (Å²) in [5, 5.41) is 2.30. The number of benzene rings is 3. The van der Waals surface area contributed by atoms with E-state index in [0.29, 0.717) is 12.1 Å². The molecule has 1 N–H and O–H groups in total. The summed E-state index contributed by atoms with van der Waals surface area (Å²) in [6.45, 7) is -4.36. The first kappa shape index (κ1) is 34.6. The van der Waals surface area contributed by atoms with Crippen LogP contribution >= 0.6 is 34.8 Å². The number of hydrogen-bond acceptors (Lipinski definition) is 4. The molecule has 3 aromatic rings. The lowest BCUT2D eigenvalue weighted by Crippen LogP contribution is -2.18. The number of carbonyl (C=O) groups excluding carboxylic acids is 3. The van der Waals surface area contributed by atoms with Gasteiger partial charge in [0.05, 0.1) is 16.5 Å². The zero-order valence-corrected chi connectivity index (χ0v) is 24.5. The molecule has 16 heteroatoms. The molecule has 1 fully saturated rings. The minimum atomic E-state index is -5.01. The van der Waals surface area contributed by atoms with Crippen LogP contribution in [0, 0.1) is 23.4 Å². The third-order valence-electron chi connectivity index (χ3n) is 6.89. The summed E-state index contributed by atoms with van der Waals surface area (Å²) < 4.78 is 109. The average molecular weight is 703 g/mol. The Hall–Kier alpha value is -3.26. The van der Waals surface area contributed by atoms with Gasteiger partial charge in [-0.05, 0) is 47.5 Å². The molecule has 0 unspecified atom stereocenters. The highest BCUT2D eigenvalue weighted by atomic mass is 35.5. The number of alkyl halides is 7. The smallest absolute Gasteiger partial charge is 0.326 e. The van der Waals surface area contributed by atoms with Gasteiger partial charge in [-0.3, -0.25) is 14.4 Å². The number of rotatable bonds is 11. The molecule has 1 aliphatic rings. The second-order valence-corrected chi connectivity index (χ2v) is 11.8. The minimum absolute atomic E-state index is 0.0255. The Labute approximate surface area is 264 Å². The number of carbonyl (C=O) groups is 3. The number of Topliss-reactive ketones (excluding diaryl/α,β-unsaturated/α-hetero) is 2. The fraction of sp³-hybridized carbons (Fsp3) is 0.276. The lowest BCUT2D eigenvalue weighted by Gasteiger charge is -2.12. The molecule has 5 nitrogen and oxygen atoms in total. The second kappa shape index (κ2) is 13.2. The van der Waals surface area contributed by atoms with Crippen LogP contribution in [0.25, 0.3) is 0 Å². The molecule has 0 bridgehead atoms. The molecule has 3 aromatic carbocycles. The van der Waals surface area contributed by atoms with E-state index in [-0.39, 0.29) is 27.4 Å². The van der Waals surface area contributed by atoms with Crippen molar-refractivity contribution in [2.75, 3.05) is 11.9 Å². The highest BCUT2D eigenvalue weighted by Crippen LogP contribution is 2.65. The first-order chi connectivity index (χ1) is 20.9. The van der Waals surface area contributed by atoms with Crippen molar-refractivity contribution >= 4 is 58.0 Å². The number of anilines is 1.